The summed E-state index contributed by atoms with van der Waals surface area (Å²) in [4.78, 5) is 12.4. The van der Waals surface area contributed by atoms with Crippen molar-refractivity contribution in [2.45, 2.75) is 296 Å². The molecule has 0 bridgehead atoms. The first kappa shape index (κ1) is 58.4. The van der Waals surface area contributed by atoms with Gasteiger partial charge in [-0.2, -0.15) is 0 Å². The van der Waals surface area contributed by atoms with E-state index in [1.54, 1.807) is 6.08 Å². The standard InChI is InChI=1S/C56H105NO3/c1-3-5-7-9-11-13-15-17-19-21-23-25-27-28-30-31-33-35-37-39-41-43-45-47-49-51-55(59)54(53-58)57-56(60)52-50-48-46-44-42-40-38-36-34-32-29-26-24-22-20-18-16-14-12-10-8-6-4-2/h32-35,41,43,49,51,54-55,58-59H,3-31,36-40,42,44-48,50,52-53H2,1-2H3,(H,57,60)/b34-32-,35-33+,43-41+,51-49+. The van der Waals surface area contributed by atoms with Crippen molar-refractivity contribution in [3.05, 3.63) is 48.6 Å². The third-order valence-corrected chi connectivity index (χ3v) is 12.3. The predicted octanol–water partition coefficient (Wildman–Crippen LogP) is 17.5. The van der Waals surface area contributed by atoms with Gasteiger partial charge in [-0.1, -0.05) is 255 Å². The molecule has 0 aliphatic carbocycles. The molecule has 0 rings (SSSR count). The Morgan fingerprint density at radius 2 is 0.650 bits per heavy atom. The van der Waals surface area contributed by atoms with Crippen molar-refractivity contribution in [1.29, 1.82) is 0 Å². The molecule has 0 aliphatic rings. The number of nitrogens with one attached hydrogen (secondary N) is 1. The second-order valence-corrected chi connectivity index (χ2v) is 18.3. The van der Waals surface area contributed by atoms with Crippen LogP contribution in [0, 0.1) is 0 Å². The predicted molar refractivity (Wildman–Crippen MR) is 267 cm³/mol. The Balaban J connectivity index is 3.58. The molecule has 0 aromatic carbocycles. The molecule has 0 saturated heterocycles. The quantitative estimate of drug-likeness (QED) is 0.0422. The maximum atomic E-state index is 12.4. The molecule has 2 unspecified atom stereocenters. The summed E-state index contributed by atoms with van der Waals surface area (Å²) in [5.41, 5.74) is 0. The Morgan fingerprint density at radius 3 is 0.967 bits per heavy atom. The fourth-order valence-electron chi connectivity index (χ4n) is 8.15. The zero-order valence-corrected chi connectivity index (χ0v) is 40.5. The number of hydrogen-bond acceptors (Lipinski definition) is 3. The van der Waals surface area contributed by atoms with Gasteiger partial charge in [0.05, 0.1) is 18.8 Å². The van der Waals surface area contributed by atoms with Gasteiger partial charge in [0, 0.05) is 6.42 Å². The van der Waals surface area contributed by atoms with Gasteiger partial charge in [0.25, 0.3) is 0 Å². The number of carbonyl (C=O) groups is 1. The molecule has 0 saturated carbocycles. The molecular formula is C56H105NO3. The summed E-state index contributed by atoms with van der Waals surface area (Å²) < 4.78 is 0. The summed E-state index contributed by atoms with van der Waals surface area (Å²) in [6, 6.07) is -0.649. The Labute approximate surface area is 375 Å². The highest BCUT2D eigenvalue weighted by molar-refractivity contribution is 5.76. The summed E-state index contributed by atoms with van der Waals surface area (Å²) in [5.74, 6) is -0.0800. The SMILES string of the molecule is CCCCCCCCCCCCCC/C=C\CCCCCCCCCC(=O)NC(CO)C(O)/C=C/CC/C=C/CC/C=C/CCCCCCCCCCCCCCCCC. The Morgan fingerprint density at radius 1 is 0.383 bits per heavy atom. The summed E-state index contributed by atoms with van der Waals surface area (Å²) in [6.07, 6.45) is 71.2. The average molecular weight is 840 g/mol. The second kappa shape index (κ2) is 51.7. The molecule has 0 fully saturated rings. The molecule has 0 aromatic heterocycles. The van der Waals surface area contributed by atoms with E-state index in [0.29, 0.717) is 6.42 Å². The van der Waals surface area contributed by atoms with Gasteiger partial charge in [-0.05, 0) is 70.6 Å². The fourth-order valence-corrected chi connectivity index (χ4v) is 8.15. The molecule has 4 nitrogen and oxygen atoms in total. The highest BCUT2D eigenvalue weighted by Crippen LogP contribution is 2.16. The van der Waals surface area contributed by atoms with E-state index in [1.165, 1.54) is 225 Å². The van der Waals surface area contributed by atoms with E-state index >= 15 is 0 Å². The van der Waals surface area contributed by atoms with Gasteiger partial charge in [-0.15, -0.1) is 0 Å². The Hall–Kier alpha value is -1.65. The number of amides is 1. The normalized spacial score (nSPS) is 13.2. The molecule has 0 aromatic rings. The summed E-state index contributed by atoms with van der Waals surface area (Å²) in [6.45, 7) is 4.32. The molecule has 0 radical (unpaired) electrons. The number of aliphatic hydroxyl groups is 2. The first-order chi connectivity index (χ1) is 29.7. The van der Waals surface area contributed by atoms with Gasteiger partial charge >= 0.3 is 0 Å². The van der Waals surface area contributed by atoms with E-state index in [-0.39, 0.29) is 12.5 Å². The number of carbonyl (C=O) groups excluding carboxylic acids is 1. The van der Waals surface area contributed by atoms with E-state index < -0.39 is 12.1 Å². The van der Waals surface area contributed by atoms with Crippen molar-refractivity contribution < 1.29 is 15.0 Å². The number of unbranched alkanes of at least 4 members (excludes halogenated alkanes) is 36. The Kier molecular flexibility index (Phi) is 50.3. The van der Waals surface area contributed by atoms with Crippen LogP contribution in [0.4, 0.5) is 0 Å². The lowest BCUT2D eigenvalue weighted by molar-refractivity contribution is -0.123. The molecule has 352 valence electrons. The van der Waals surface area contributed by atoms with Crippen LogP contribution in [0.15, 0.2) is 48.6 Å². The minimum absolute atomic E-state index is 0.0800. The third kappa shape index (κ3) is 47.4. The minimum Gasteiger partial charge on any atom is -0.394 e. The van der Waals surface area contributed by atoms with Crippen LogP contribution < -0.4 is 5.32 Å². The first-order valence-corrected chi connectivity index (χ1v) is 26.9. The smallest absolute Gasteiger partial charge is 0.220 e. The van der Waals surface area contributed by atoms with Crippen molar-refractivity contribution in [3.8, 4) is 0 Å². The number of hydrogen-bond donors (Lipinski definition) is 3. The maximum absolute atomic E-state index is 12.4. The number of allylic oxidation sites excluding steroid dienone is 7. The topological polar surface area (TPSA) is 69.6 Å². The van der Waals surface area contributed by atoms with Crippen LogP contribution >= 0.6 is 0 Å². The largest absolute Gasteiger partial charge is 0.394 e. The lowest BCUT2D eigenvalue weighted by Gasteiger charge is -2.19. The van der Waals surface area contributed by atoms with Gasteiger partial charge in [-0.25, -0.2) is 0 Å². The number of aliphatic hydroxyl groups excluding tert-OH is 2. The van der Waals surface area contributed by atoms with E-state index in [9.17, 15) is 15.0 Å². The first-order valence-electron chi connectivity index (χ1n) is 26.9. The third-order valence-electron chi connectivity index (χ3n) is 12.3. The van der Waals surface area contributed by atoms with Gasteiger partial charge < -0.3 is 15.5 Å². The minimum atomic E-state index is -0.873. The van der Waals surface area contributed by atoms with Crippen LogP contribution in [0.3, 0.4) is 0 Å². The van der Waals surface area contributed by atoms with Crippen LogP contribution in [0.2, 0.25) is 0 Å². The van der Waals surface area contributed by atoms with E-state index in [2.05, 4.69) is 55.6 Å². The van der Waals surface area contributed by atoms with Crippen LogP contribution in [0.25, 0.3) is 0 Å². The van der Waals surface area contributed by atoms with E-state index in [0.717, 1.165) is 38.5 Å². The second-order valence-electron chi connectivity index (χ2n) is 18.3. The fraction of sp³-hybridized carbons (Fsp3) is 0.839. The van der Waals surface area contributed by atoms with E-state index in [1.807, 2.05) is 6.08 Å². The molecule has 1 amide bonds. The number of rotatable bonds is 49. The molecule has 0 spiro atoms. The molecular weight excluding hydrogens is 735 g/mol. The van der Waals surface area contributed by atoms with Crippen LogP contribution in [-0.2, 0) is 4.79 Å². The zero-order valence-electron chi connectivity index (χ0n) is 40.5. The zero-order chi connectivity index (χ0) is 43.5. The van der Waals surface area contributed by atoms with Gasteiger partial charge in [0.15, 0.2) is 0 Å². The van der Waals surface area contributed by atoms with Crippen molar-refractivity contribution in [2.24, 2.45) is 0 Å². The monoisotopic (exact) mass is 840 g/mol. The molecule has 0 heterocycles. The lowest BCUT2D eigenvalue weighted by atomic mass is 10.0. The van der Waals surface area contributed by atoms with Gasteiger partial charge in [-0.3, -0.25) is 4.79 Å². The Bertz CT molecular complexity index is 954. The summed E-state index contributed by atoms with van der Waals surface area (Å²) >= 11 is 0. The maximum Gasteiger partial charge on any atom is 0.220 e. The molecule has 0 aliphatic heterocycles. The van der Waals surface area contributed by atoms with Crippen molar-refractivity contribution in [3.63, 3.8) is 0 Å². The van der Waals surface area contributed by atoms with Crippen molar-refractivity contribution >= 4 is 5.91 Å². The lowest BCUT2D eigenvalue weighted by Crippen LogP contribution is -2.45. The summed E-state index contributed by atoms with van der Waals surface area (Å²) in [5, 5.41) is 23.1. The molecule has 2 atom stereocenters. The summed E-state index contributed by atoms with van der Waals surface area (Å²) in [7, 11) is 0. The molecule has 4 heteroatoms. The van der Waals surface area contributed by atoms with Crippen LogP contribution in [0.5, 0.6) is 0 Å². The van der Waals surface area contributed by atoms with Crippen LogP contribution in [-0.4, -0.2) is 34.9 Å². The molecule has 3 N–H and O–H groups in total. The van der Waals surface area contributed by atoms with Crippen molar-refractivity contribution in [2.75, 3.05) is 6.61 Å². The van der Waals surface area contributed by atoms with E-state index in [4.69, 9.17) is 0 Å². The molecule has 60 heavy (non-hydrogen) atoms. The van der Waals surface area contributed by atoms with Gasteiger partial charge in [0.2, 0.25) is 5.91 Å². The average Bonchev–Trinajstić information content (AvgIpc) is 3.25. The highest BCUT2D eigenvalue weighted by Gasteiger charge is 2.17. The van der Waals surface area contributed by atoms with Crippen LogP contribution in [0.1, 0.15) is 284 Å². The highest BCUT2D eigenvalue weighted by atomic mass is 16.3. The van der Waals surface area contributed by atoms with Crippen molar-refractivity contribution in [1.82, 2.24) is 5.32 Å². The van der Waals surface area contributed by atoms with Gasteiger partial charge in [0.1, 0.15) is 0 Å².